The van der Waals surface area contributed by atoms with Gasteiger partial charge in [0.1, 0.15) is 0 Å². The number of pyridine rings is 1. The lowest BCUT2D eigenvalue weighted by atomic mass is 10.2. The molecule has 1 unspecified atom stereocenters. The third-order valence-electron chi connectivity index (χ3n) is 2.86. The van der Waals surface area contributed by atoms with Crippen molar-refractivity contribution in [3.63, 3.8) is 0 Å². The lowest BCUT2D eigenvalue weighted by Crippen LogP contribution is -2.32. The average Bonchev–Trinajstić information content (AvgIpc) is 2.30. The number of rotatable bonds is 6. The van der Waals surface area contributed by atoms with Gasteiger partial charge >= 0.3 is 0 Å². The lowest BCUT2D eigenvalue weighted by molar-refractivity contribution is 0.261. The van der Waals surface area contributed by atoms with Crippen molar-refractivity contribution in [1.82, 2.24) is 9.88 Å². The van der Waals surface area contributed by atoms with Crippen LogP contribution in [0.25, 0.3) is 0 Å². The second-order valence-corrected chi connectivity index (χ2v) is 4.00. The van der Waals surface area contributed by atoms with Gasteiger partial charge in [-0.15, -0.1) is 0 Å². The third-order valence-corrected chi connectivity index (χ3v) is 2.86. The van der Waals surface area contributed by atoms with E-state index in [1.54, 1.807) is 12.3 Å². The molecule has 0 spiro atoms. The van der Waals surface area contributed by atoms with E-state index in [0.717, 1.165) is 13.0 Å². The minimum Gasteiger partial charge on any atom is -0.366 e. The molecule has 1 aromatic heterocycles. The van der Waals surface area contributed by atoms with Gasteiger partial charge in [0.2, 0.25) is 0 Å². The smallest absolute Gasteiger partial charge is 0.165 e. The van der Waals surface area contributed by atoms with Crippen molar-refractivity contribution in [2.75, 3.05) is 25.5 Å². The van der Waals surface area contributed by atoms with Gasteiger partial charge in [-0.05, 0) is 32.5 Å². The summed E-state index contributed by atoms with van der Waals surface area (Å²) < 4.78 is 13.2. The van der Waals surface area contributed by atoms with E-state index in [9.17, 15) is 4.39 Å². The van der Waals surface area contributed by atoms with Crippen molar-refractivity contribution in [2.45, 2.75) is 26.3 Å². The van der Waals surface area contributed by atoms with Crippen LogP contribution in [0, 0.1) is 5.82 Å². The van der Waals surface area contributed by atoms with Crippen molar-refractivity contribution in [3.05, 3.63) is 24.1 Å². The summed E-state index contributed by atoms with van der Waals surface area (Å²) in [5.41, 5.74) is 0. The monoisotopic (exact) mass is 225 g/mol. The van der Waals surface area contributed by atoms with Crippen molar-refractivity contribution < 1.29 is 4.39 Å². The molecule has 90 valence electrons. The molecule has 0 saturated carbocycles. The van der Waals surface area contributed by atoms with E-state index in [1.165, 1.54) is 6.07 Å². The van der Waals surface area contributed by atoms with E-state index >= 15 is 0 Å². The first kappa shape index (κ1) is 12.9. The Morgan fingerprint density at radius 1 is 1.56 bits per heavy atom. The molecule has 0 aliphatic rings. The predicted molar refractivity (Wildman–Crippen MR) is 65.1 cm³/mol. The van der Waals surface area contributed by atoms with Crippen LogP contribution in [0.2, 0.25) is 0 Å². The molecule has 0 aliphatic heterocycles. The minimum atomic E-state index is -0.298. The molecule has 0 radical (unpaired) electrons. The zero-order valence-corrected chi connectivity index (χ0v) is 10.2. The quantitative estimate of drug-likeness (QED) is 0.805. The molecule has 16 heavy (non-hydrogen) atoms. The fourth-order valence-electron chi connectivity index (χ4n) is 1.40. The Morgan fingerprint density at radius 3 is 2.94 bits per heavy atom. The summed E-state index contributed by atoms with van der Waals surface area (Å²) in [6.45, 7) is 5.92. The summed E-state index contributed by atoms with van der Waals surface area (Å²) in [4.78, 5) is 6.18. The highest BCUT2D eigenvalue weighted by Crippen LogP contribution is 2.08. The normalized spacial score (nSPS) is 12.8. The molecular formula is C12H20FN3. The summed E-state index contributed by atoms with van der Waals surface area (Å²) in [7, 11) is 2.07. The van der Waals surface area contributed by atoms with Crippen LogP contribution in [-0.2, 0) is 0 Å². The number of aromatic nitrogens is 1. The zero-order chi connectivity index (χ0) is 12.0. The van der Waals surface area contributed by atoms with Gasteiger partial charge in [-0.25, -0.2) is 9.37 Å². The molecule has 3 nitrogen and oxygen atoms in total. The SMILES string of the molecule is CCC(C)N(C)CCNc1ncccc1F. The van der Waals surface area contributed by atoms with Crippen molar-refractivity contribution >= 4 is 5.82 Å². The van der Waals surface area contributed by atoms with E-state index < -0.39 is 0 Å². The van der Waals surface area contributed by atoms with Crippen LogP contribution in [-0.4, -0.2) is 36.1 Å². The second-order valence-electron chi connectivity index (χ2n) is 4.00. The molecule has 1 atom stereocenters. The topological polar surface area (TPSA) is 28.2 Å². The molecule has 1 N–H and O–H groups in total. The summed E-state index contributed by atoms with van der Waals surface area (Å²) in [5, 5.41) is 3.00. The lowest BCUT2D eigenvalue weighted by Gasteiger charge is -2.23. The first-order valence-corrected chi connectivity index (χ1v) is 5.69. The van der Waals surface area contributed by atoms with Gasteiger partial charge in [0.15, 0.2) is 11.6 Å². The van der Waals surface area contributed by atoms with E-state index in [2.05, 4.69) is 36.1 Å². The Hall–Kier alpha value is -1.16. The summed E-state index contributed by atoms with van der Waals surface area (Å²) >= 11 is 0. The van der Waals surface area contributed by atoms with Crippen LogP contribution in [0.3, 0.4) is 0 Å². The molecule has 0 fully saturated rings. The van der Waals surface area contributed by atoms with E-state index in [4.69, 9.17) is 0 Å². The molecular weight excluding hydrogens is 205 g/mol. The molecule has 0 aromatic carbocycles. The molecule has 0 bridgehead atoms. The van der Waals surface area contributed by atoms with Crippen molar-refractivity contribution in [1.29, 1.82) is 0 Å². The Morgan fingerprint density at radius 2 is 2.31 bits per heavy atom. The highest BCUT2D eigenvalue weighted by atomic mass is 19.1. The molecule has 0 saturated heterocycles. The molecule has 4 heteroatoms. The standard InChI is InChI=1S/C12H20FN3/c1-4-10(2)16(3)9-8-15-12-11(13)6-5-7-14-12/h5-7,10H,4,8-9H2,1-3H3,(H,14,15). The maximum Gasteiger partial charge on any atom is 0.165 e. The molecule has 0 amide bonds. The molecule has 1 heterocycles. The number of hydrogen-bond acceptors (Lipinski definition) is 3. The Balaban J connectivity index is 2.33. The van der Waals surface area contributed by atoms with E-state index in [1.807, 2.05) is 0 Å². The van der Waals surface area contributed by atoms with Gasteiger partial charge in [-0.3, -0.25) is 0 Å². The number of hydrogen-bond donors (Lipinski definition) is 1. The molecule has 1 rings (SSSR count). The van der Waals surface area contributed by atoms with Gasteiger partial charge in [0, 0.05) is 25.3 Å². The number of anilines is 1. The van der Waals surface area contributed by atoms with Gasteiger partial charge in [-0.1, -0.05) is 6.92 Å². The number of halogens is 1. The van der Waals surface area contributed by atoms with Gasteiger partial charge < -0.3 is 10.2 Å². The summed E-state index contributed by atoms with van der Waals surface area (Å²) in [6.07, 6.45) is 2.71. The first-order valence-electron chi connectivity index (χ1n) is 5.69. The highest BCUT2D eigenvalue weighted by Gasteiger charge is 2.06. The van der Waals surface area contributed by atoms with Crippen LogP contribution in [0.4, 0.5) is 10.2 Å². The second kappa shape index (κ2) is 6.43. The summed E-state index contributed by atoms with van der Waals surface area (Å²) in [5.74, 6) is 0.0359. The minimum absolute atomic E-state index is 0.298. The third kappa shape index (κ3) is 3.77. The van der Waals surface area contributed by atoms with Crippen LogP contribution in [0.1, 0.15) is 20.3 Å². The zero-order valence-electron chi connectivity index (χ0n) is 10.2. The van der Waals surface area contributed by atoms with Crippen LogP contribution < -0.4 is 5.32 Å². The number of nitrogens with zero attached hydrogens (tertiary/aromatic N) is 2. The maximum absolute atomic E-state index is 13.2. The van der Waals surface area contributed by atoms with E-state index in [-0.39, 0.29) is 5.82 Å². The van der Waals surface area contributed by atoms with Gasteiger partial charge in [-0.2, -0.15) is 0 Å². The molecule has 1 aromatic rings. The fraction of sp³-hybridized carbons (Fsp3) is 0.583. The van der Waals surface area contributed by atoms with Crippen molar-refractivity contribution in [2.24, 2.45) is 0 Å². The van der Waals surface area contributed by atoms with Crippen molar-refractivity contribution in [3.8, 4) is 0 Å². The van der Waals surface area contributed by atoms with Crippen LogP contribution >= 0.6 is 0 Å². The largest absolute Gasteiger partial charge is 0.366 e. The summed E-state index contributed by atoms with van der Waals surface area (Å²) in [6, 6.07) is 3.55. The Kier molecular flexibility index (Phi) is 5.19. The molecule has 0 aliphatic carbocycles. The van der Waals surface area contributed by atoms with Crippen LogP contribution in [0.15, 0.2) is 18.3 Å². The first-order chi connectivity index (χ1) is 7.65. The number of likely N-dealkylation sites (N-methyl/N-ethyl adjacent to an activating group) is 1. The Bertz CT molecular complexity index is 317. The average molecular weight is 225 g/mol. The van der Waals surface area contributed by atoms with Gasteiger partial charge in [0.25, 0.3) is 0 Å². The highest BCUT2D eigenvalue weighted by molar-refractivity contribution is 5.35. The number of nitrogens with one attached hydrogen (secondary N) is 1. The van der Waals surface area contributed by atoms with Gasteiger partial charge in [0.05, 0.1) is 0 Å². The maximum atomic E-state index is 13.2. The van der Waals surface area contributed by atoms with E-state index in [0.29, 0.717) is 18.4 Å². The van der Waals surface area contributed by atoms with Crippen LogP contribution in [0.5, 0.6) is 0 Å². The Labute approximate surface area is 96.7 Å². The predicted octanol–water partition coefficient (Wildman–Crippen LogP) is 2.36. The fourth-order valence-corrected chi connectivity index (χ4v) is 1.40.